The SMILES string of the molecule is CCCCCNC(=O)C(C)Oc1ccc(CCN)cc1F. The number of unbranched alkanes of at least 4 members (excludes halogenated alkanes) is 2. The van der Waals surface area contributed by atoms with Gasteiger partial charge >= 0.3 is 0 Å². The molecule has 5 heteroatoms. The highest BCUT2D eigenvalue weighted by Gasteiger charge is 2.16. The fourth-order valence-corrected chi connectivity index (χ4v) is 1.94. The van der Waals surface area contributed by atoms with Gasteiger partial charge in [-0.05, 0) is 44.0 Å². The molecule has 0 saturated heterocycles. The third-order valence-electron chi connectivity index (χ3n) is 3.18. The number of hydrogen-bond donors (Lipinski definition) is 2. The quantitative estimate of drug-likeness (QED) is 0.688. The molecule has 0 aliphatic rings. The molecule has 21 heavy (non-hydrogen) atoms. The Morgan fingerprint density at radius 3 is 2.81 bits per heavy atom. The number of nitrogens with one attached hydrogen (secondary N) is 1. The molecule has 0 heterocycles. The standard InChI is InChI=1S/C16H25FN2O2/c1-3-4-5-10-19-16(20)12(2)21-15-7-6-13(8-9-18)11-14(15)17/h6-7,11-12H,3-5,8-10,18H2,1-2H3,(H,19,20). The highest BCUT2D eigenvalue weighted by molar-refractivity contribution is 5.80. The van der Waals surface area contributed by atoms with Crippen molar-refractivity contribution in [3.8, 4) is 5.75 Å². The predicted molar refractivity (Wildman–Crippen MR) is 81.8 cm³/mol. The number of benzene rings is 1. The highest BCUT2D eigenvalue weighted by atomic mass is 19.1. The lowest BCUT2D eigenvalue weighted by molar-refractivity contribution is -0.127. The molecule has 1 unspecified atom stereocenters. The minimum atomic E-state index is -0.721. The Hall–Kier alpha value is -1.62. The average molecular weight is 296 g/mol. The summed E-state index contributed by atoms with van der Waals surface area (Å²) in [6.45, 7) is 4.81. The van der Waals surface area contributed by atoms with Gasteiger partial charge in [-0.1, -0.05) is 25.8 Å². The number of carbonyl (C=O) groups excluding carboxylic acids is 1. The van der Waals surface area contributed by atoms with Gasteiger partial charge in [0.2, 0.25) is 0 Å². The van der Waals surface area contributed by atoms with Gasteiger partial charge in [-0.25, -0.2) is 4.39 Å². The van der Waals surface area contributed by atoms with Crippen LogP contribution in [0.5, 0.6) is 5.75 Å². The Bertz CT molecular complexity index is 452. The number of carbonyl (C=O) groups is 1. The van der Waals surface area contributed by atoms with Crippen LogP contribution in [-0.2, 0) is 11.2 Å². The minimum absolute atomic E-state index is 0.0898. The summed E-state index contributed by atoms with van der Waals surface area (Å²) >= 11 is 0. The van der Waals surface area contributed by atoms with E-state index < -0.39 is 11.9 Å². The van der Waals surface area contributed by atoms with Crippen LogP contribution < -0.4 is 15.8 Å². The van der Waals surface area contributed by atoms with Crippen LogP contribution in [0, 0.1) is 5.82 Å². The maximum Gasteiger partial charge on any atom is 0.260 e. The number of nitrogens with two attached hydrogens (primary N) is 1. The molecule has 1 atom stereocenters. The first-order valence-corrected chi connectivity index (χ1v) is 7.51. The lowest BCUT2D eigenvalue weighted by atomic mass is 10.1. The van der Waals surface area contributed by atoms with E-state index in [9.17, 15) is 9.18 Å². The van der Waals surface area contributed by atoms with E-state index in [-0.39, 0.29) is 11.7 Å². The van der Waals surface area contributed by atoms with Gasteiger partial charge in [0.1, 0.15) is 0 Å². The number of rotatable bonds is 9. The monoisotopic (exact) mass is 296 g/mol. The highest BCUT2D eigenvalue weighted by Crippen LogP contribution is 2.20. The van der Waals surface area contributed by atoms with Gasteiger partial charge in [0.25, 0.3) is 5.91 Å². The Morgan fingerprint density at radius 2 is 2.19 bits per heavy atom. The van der Waals surface area contributed by atoms with Gasteiger partial charge in [0, 0.05) is 6.54 Å². The summed E-state index contributed by atoms with van der Waals surface area (Å²) < 4.78 is 19.2. The molecule has 0 spiro atoms. The largest absolute Gasteiger partial charge is 0.478 e. The molecule has 1 amide bonds. The van der Waals surface area contributed by atoms with Crippen LogP contribution in [0.1, 0.15) is 38.7 Å². The Labute approximate surface area is 125 Å². The molecule has 118 valence electrons. The van der Waals surface area contributed by atoms with Crippen molar-refractivity contribution in [2.75, 3.05) is 13.1 Å². The summed E-state index contributed by atoms with van der Waals surface area (Å²) in [5.74, 6) is -0.602. The van der Waals surface area contributed by atoms with E-state index in [0.717, 1.165) is 24.8 Å². The zero-order valence-electron chi connectivity index (χ0n) is 12.8. The first kappa shape index (κ1) is 17.4. The smallest absolute Gasteiger partial charge is 0.260 e. The second kappa shape index (κ2) is 9.34. The molecule has 1 aromatic carbocycles. The summed E-state index contributed by atoms with van der Waals surface area (Å²) in [6.07, 6.45) is 3.01. The fraction of sp³-hybridized carbons (Fsp3) is 0.562. The lowest BCUT2D eigenvalue weighted by Crippen LogP contribution is -2.37. The van der Waals surface area contributed by atoms with Crippen LogP contribution in [0.25, 0.3) is 0 Å². The molecule has 0 fully saturated rings. The van der Waals surface area contributed by atoms with Crippen molar-refractivity contribution in [1.29, 1.82) is 0 Å². The first-order chi connectivity index (χ1) is 10.1. The van der Waals surface area contributed by atoms with Crippen molar-refractivity contribution in [2.45, 2.75) is 45.6 Å². The molecule has 0 radical (unpaired) electrons. The zero-order valence-corrected chi connectivity index (χ0v) is 12.8. The Morgan fingerprint density at radius 1 is 1.43 bits per heavy atom. The fourth-order valence-electron chi connectivity index (χ4n) is 1.94. The van der Waals surface area contributed by atoms with E-state index in [1.54, 1.807) is 19.1 Å². The third kappa shape index (κ3) is 6.12. The number of halogens is 1. The van der Waals surface area contributed by atoms with Gasteiger partial charge in [0.15, 0.2) is 17.7 Å². The van der Waals surface area contributed by atoms with Crippen LogP contribution in [0.3, 0.4) is 0 Å². The molecule has 0 aliphatic carbocycles. The second-order valence-corrected chi connectivity index (χ2v) is 5.06. The van der Waals surface area contributed by atoms with Crippen molar-refractivity contribution in [1.82, 2.24) is 5.32 Å². The van der Waals surface area contributed by atoms with E-state index in [2.05, 4.69) is 12.2 Å². The lowest BCUT2D eigenvalue weighted by Gasteiger charge is -2.15. The van der Waals surface area contributed by atoms with Crippen LogP contribution in [0.15, 0.2) is 18.2 Å². The molecule has 1 aromatic rings. The van der Waals surface area contributed by atoms with Crippen LogP contribution in [-0.4, -0.2) is 25.1 Å². The van der Waals surface area contributed by atoms with Crippen molar-refractivity contribution in [3.05, 3.63) is 29.6 Å². The molecule has 0 bridgehead atoms. The normalized spacial score (nSPS) is 12.0. The van der Waals surface area contributed by atoms with Gasteiger partial charge in [-0.15, -0.1) is 0 Å². The minimum Gasteiger partial charge on any atom is -0.478 e. The maximum absolute atomic E-state index is 13.9. The van der Waals surface area contributed by atoms with E-state index in [1.165, 1.54) is 6.07 Å². The Kier molecular flexibility index (Phi) is 7.75. The summed E-state index contributed by atoms with van der Waals surface area (Å²) in [7, 11) is 0. The summed E-state index contributed by atoms with van der Waals surface area (Å²) in [5.41, 5.74) is 6.25. The molecule has 4 nitrogen and oxygen atoms in total. The first-order valence-electron chi connectivity index (χ1n) is 7.51. The van der Waals surface area contributed by atoms with Crippen molar-refractivity contribution >= 4 is 5.91 Å². The molecular formula is C16H25FN2O2. The van der Waals surface area contributed by atoms with Crippen molar-refractivity contribution in [2.24, 2.45) is 5.73 Å². The van der Waals surface area contributed by atoms with E-state index in [4.69, 9.17) is 10.5 Å². The number of amides is 1. The molecule has 0 saturated carbocycles. The molecule has 0 aromatic heterocycles. The van der Waals surface area contributed by atoms with Gasteiger partial charge in [-0.3, -0.25) is 4.79 Å². The molecule has 0 aliphatic heterocycles. The van der Waals surface area contributed by atoms with E-state index in [0.29, 0.717) is 19.5 Å². The number of ether oxygens (including phenoxy) is 1. The summed E-state index contributed by atoms with van der Waals surface area (Å²) in [4.78, 5) is 11.8. The van der Waals surface area contributed by atoms with Crippen LogP contribution in [0.2, 0.25) is 0 Å². The topological polar surface area (TPSA) is 64.3 Å². The van der Waals surface area contributed by atoms with Gasteiger partial charge in [0.05, 0.1) is 0 Å². The second-order valence-electron chi connectivity index (χ2n) is 5.06. The zero-order chi connectivity index (χ0) is 15.7. The van der Waals surface area contributed by atoms with Crippen molar-refractivity contribution in [3.63, 3.8) is 0 Å². The predicted octanol–water partition coefficient (Wildman–Crippen LogP) is 2.40. The Balaban J connectivity index is 2.50. The number of hydrogen-bond acceptors (Lipinski definition) is 3. The third-order valence-corrected chi connectivity index (χ3v) is 3.18. The molecule has 3 N–H and O–H groups in total. The van der Waals surface area contributed by atoms with Crippen LogP contribution >= 0.6 is 0 Å². The van der Waals surface area contributed by atoms with Crippen molar-refractivity contribution < 1.29 is 13.9 Å². The molecular weight excluding hydrogens is 271 g/mol. The summed E-state index contributed by atoms with van der Waals surface area (Å²) in [5, 5.41) is 2.79. The van der Waals surface area contributed by atoms with Gasteiger partial charge < -0.3 is 15.8 Å². The van der Waals surface area contributed by atoms with E-state index >= 15 is 0 Å². The average Bonchev–Trinajstić information content (AvgIpc) is 2.46. The maximum atomic E-state index is 13.9. The summed E-state index contributed by atoms with van der Waals surface area (Å²) in [6, 6.07) is 4.70. The van der Waals surface area contributed by atoms with E-state index in [1.807, 2.05) is 0 Å². The molecule has 1 rings (SSSR count). The van der Waals surface area contributed by atoms with Crippen LogP contribution in [0.4, 0.5) is 4.39 Å². The van der Waals surface area contributed by atoms with Gasteiger partial charge in [-0.2, -0.15) is 0 Å².